The zero-order valence-corrected chi connectivity index (χ0v) is 13.5. The van der Waals surface area contributed by atoms with Crippen LogP contribution in [0.3, 0.4) is 0 Å². The number of imidazole rings is 1. The first-order chi connectivity index (χ1) is 10.2. The van der Waals surface area contributed by atoms with Crippen LogP contribution in [0.2, 0.25) is 0 Å². The van der Waals surface area contributed by atoms with Crippen LogP contribution in [0.1, 0.15) is 45.9 Å². The van der Waals surface area contributed by atoms with Gasteiger partial charge in [-0.15, -0.1) is 0 Å². The van der Waals surface area contributed by atoms with Crippen LogP contribution in [-0.2, 0) is 13.1 Å². The van der Waals surface area contributed by atoms with Crippen LogP contribution in [0.4, 0.5) is 0 Å². The minimum Gasteiger partial charge on any atom is -0.327 e. The van der Waals surface area contributed by atoms with Crippen LogP contribution in [0.5, 0.6) is 0 Å². The van der Waals surface area contributed by atoms with Gasteiger partial charge in [-0.1, -0.05) is 26.0 Å². The van der Waals surface area contributed by atoms with Gasteiger partial charge in [0.15, 0.2) is 0 Å². The van der Waals surface area contributed by atoms with Crippen molar-refractivity contribution in [1.82, 2.24) is 14.9 Å². The molecule has 1 fully saturated rings. The number of aryl methyl sites for hydroxylation is 1. The Morgan fingerprint density at radius 1 is 1.24 bits per heavy atom. The second-order valence-corrected chi connectivity index (χ2v) is 6.64. The lowest BCUT2D eigenvalue weighted by Crippen LogP contribution is -2.39. The molecule has 0 spiro atoms. The highest BCUT2D eigenvalue weighted by molar-refractivity contribution is 5.75. The summed E-state index contributed by atoms with van der Waals surface area (Å²) in [6.07, 6.45) is 4.00. The first-order valence-corrected chi connectivity index (χ1v) is 8.36. The van der Waals surface area contributed by atoms with Gasteiger partial charge < -0.3 is 9.88 Å². The van der Waals surface area contributed by atoms with Gasteiger partial charge in [-0.05, 0) is 50.2 Å². The van der Waals surface area contributed by atoms with Gasteiger partial charge in [0.2, 0.25) is 0 Å². The number of fused-ring (bicyclic) bond motifs is 1. The molecule has 1 N–H and O–H groups in total. The summed E-state index contributed by atoms with van der Waals surface area (Å²) in [7, 11) is 0. The maximum Gasteiger partial charge on any atom is 0.123 e. The number of para-hydroxylation sites is 2. The van der Waals surface area contributed by atoms with E-state index in [4.69, 9.17) is 4.98 Å². The van der Waals surface area contributed by atoms with Gasteiger partial charge in [0.05, 0.1) is 17.6 Å². The molecule has 2 aromatic rings. The van der Waals surface area contributed by atoms with Gasteiger partial charge >= 0.3 is 0 Å². The van der Waals surface area contributed by atoms with Crippen molar-refractivity contribution < 1.29 is 0 Å². The zero-order chi connectivity index (χ0) is 14.8. The van der Waals surface area contributed by atoms with Crippen molar-refractivity contribution in [3.63, 3.8) is 0 Å². The molecule has 1 saturated carbocycles. The summed E-state index contributed by atoms with van der Waals surface area (Å²) in [4.78, 5) is 4.81. The smallest absolute Gasteiger partial charge is 0.123 e. The van der Waals surface area contributed by atoms with Crippen molar-refractivity contribution >= 4 is 11.0 Å². The molecular weight excluding hydrogens is 258 g/mol. The van der Waals surface area contributed by atoms with Gasteiger partial charge in [-0.2, -0.15) is 0 Å². The molecule has 0 amide bonds. The van der Waals surface area contributed by atoms with Crippen molar-refractivity contribution in [2.45, 2.75) is 59.2 Å². The molecule has 1 aromatic heterocycles. The molecule has 3 atom stereocenters. The average Bonchev–Trinajstić information content (AvgIpc) is 2.83. The fourth-order valence-corrected chi connectivity index (χ4v) is 3.80. The van der Waals surface area contributed by atoms with E-state index in [1.54, 1.807) is 0 Å². The van der Waals surface area contributed by atoms with Crippen LogP contribution < -0.4 is 5.32 Å². The second kappa shape index (κ2) is 6.18. The van der Waals surface area contributed by atoms with E-state index in [0.717, 1.165) is 30.4 Å². The van der Waals surface area contributed by atoms with Crippen LogP contribution in [0.15, 0.2) is 24.3 Å². The third-order valence-corrected chi connectivity index (χ3v) is 5.00. The van der Waals surface area contributed by atoms with Crippen molar-refractivity contribution in [3.05, 3.63) is 30.1 Å². The van der Waals surface area contributed by atoms with Crippen molar-refractivity contribution in [2.24, 2.45) is 11.8 Å². The number of hydrogen-bond acceptors (Lipinski definition) is 2. The quantitative estimate of drug-likeness (QED) is 0.921. The number of nitrogens with one attached hydrogen (secondary N) is 1. The molecule has 114 valence electrons. The number of nitrogens with zero attached hydrogens (tertiary/aromatic N) is 2. The van der Waals surface area contributed by atoms with Crippen LogP contribution in [0.25, 0.3) is 11.0 Å². The van der Waals surface area contributed by atoms with E-state index in [2.05, 4.69) is 54.9 Å². The summed E-state index contributed by atoms with van der Waals surface area (Å²) in [5.74, 6) is 2.83. The molecule has 0 bridgehead atoms. The van der Waals surface area contributed by atoms with E-state index in [1.165, 1.54) is 30.6 Å². The Balaban J connectivity index is 1.73. The van der Waals surface area contributed by atoms with Gasteiger partial charge in [0, 0.05) is 12.6 Å². The van der Waals surface area contributed by atoms with Crippen LogP contribution in [0, 0.1) is 11.8 Å². The topological polar surface area (TPSA) is 29.9 Å². The first kappa shape index (κ1) is 14.6. The summed E-state index contributed by atoms with van der Waals surface area (Å²) >= 11 is 0. The highest BCUT2D eigenvalue weighted by Gasteiger charge is 2.25. The Bertz CT molecular complexity index is 602. The molecule has 21 heavy (non-hydrogen) atoms. The third-order valence-electron chi connectivity index (χ3n) is 5.00. The van der Waals surface area contributed by atoms with Crippen LogP contribution in [-0.4, -0.2) is 15.6 Å². The molecule has 3 rings (SSSR count). The highest BCUT2D eigenvalue weighted by atomic mass is 15.1. The van der Waals surface area contributed by atoms with E-state index < -0.39 is 0 Å². The zero-order valence-electron chi connectivity index (χ0n) is 13.5. The summed E-state index contributed by atoms with van der Waals surface area (Å²) in [5, 5.41) is 3.76. The van der Waals surface area contributed by atoms with E-state index in [1.807, 2.05) is 0 Å². The maximum atomic E-state index is 4.81. The lowest BCUT2D eigenvalue weighted by atomic mass is 9.80. The van der Waals surface area contributed by atoms with Crippen molar-refractivity contribution in [2.75, 3.05) is 0 Å². The standard InChI is InChI=1S/C18H27N3/c1-4-21-17-8-6-5-7-16(17)20-18(21)12-19-15-10-9-13(2)11-14(15)3/h5-8,13-15,19H,4,9-12H2,1-3H3. The molecule has 1 aliphatic rings. The Morgan fingerprint density at radius 3 is 2.81 bits per heavy atom. The molecule has 0 aliphatic heterocycles. The molecule has 1 aromatic carbocycles. The summed E-state index contributed by atoms with van der Waals surface area (Å²) in [6, 6.07) is 9.08. The predicted molar refractivity (Wildman–Crippen MR) is 88.2 cm³/mol. The summed E-state index contributed by atoms with van der Waals surface area (Å²) in [6.45, 7) is 8.82. The van der Waals surface area contributed by atoms with Gasteiger partial charge in [0.25, 0.3) is 0 Å². The second-order valence-electron chi connectivity index (χ2n) is 6.64. The fourth-order valence-electron chi connectivity index (χ4n) is 3.80. The number of benzene rings is 1. The number of hydrogen-bond donors (Lipinski definition) is 1. The normalized spacial score (nSPS) is 26.3. The minimum atomic E-state index is 0.645. The molecule has 3 nitrogen and oxygen atoms in total. The van der Waals surface area contributed by atoms with Gasteiger partial charge in [-0.25, -0.2) is 4.98 Å². The Kier molecular flexibility index (Phi) is 4.29. The Labute approximate surface area is 127 Å². The van der Waals surface area contributed by atoms with E-state index in [0.29, 0.717) is 6.04 Å². The van der Waals surface area contributed by atoms with Crippen molar-refractivity contribution in [3.8, 4) is 0 Å². The van der Waals surface area contributed by atoms with E-state index in [-0.39, 0.29) is 0 Å². The lowest BCUT2D eigenvalue weighted by molar-refractivity contribution is 0.225. The monoisotopic (exact) mass is 285 g/mol. The molecular formula is C18H27N3. The summed E-state index contributed by atoms with van der Waals surface area (Å²) < 4.78 is 2.33. The molecule has 0 radical (unpaired) electrons. The lowest BCUT2D eigenvalue weighted by Gasteiger charge is -2.33. The highest BCUT2D eigenvalue weighted by Crippen LogP contribution is 2.28. The molecule has 0 saturated heterocycles. The molecule has 3 heteroatoms. The number of aromatic nitrogens is 2. The molecule has 1 heterocycles. The third kappa shape index (κ3) is 2.98. The minimum absolute atomic E-state index is 0.645. The largest absolute Gasteiger partial charge is 0.327 e. The summed E-state index contributed by atoms with van der Waals surface area (Å²) in [5.41, 5.74) is 2.36. The predicted octanol–water partition coefficient (Wildman–Crippen LogP) is 3.97. The van der Waals surface area contributed by atoms with E-state index in [9.17, 15) is 0 Å². The fraction of sp³-hybridized carbons (Fsp3) is 0.611. The first-order valence-electron chi connectivity index (χ1n) is 8.36. The Morgan fingerprint density at radius 2 is 2.05 bits per heavy atom. The van der Waals surface area contributed by atoms with Crippen LogP contribution >= 0.6 is 0 Å². The number of rotatable bonds is 4. The Hall–Kier alpha value is -1.35. The maximum absolute atomic E-state index is 4.81. The average molecular weight is 285 g/mol. The molecule has 1 aliphatic carbocycles. The molecule has 3 unspecified atom stereocenters. The van der Waals surface area contributed by atoms with Crippen molar-refractivity contribution in [1.29, 1.82) is 0 Å². The van der Waals surface area contributed by atoms with Gasteiger partial charge in [-0.3, -0.25) is 0 Å². The van der Waals surface area contributed by atoms with Gasteiger partial charge in [0.1, 0.15) is 5.82 Å². The SMILES string of the molecule is CCn1c(CNC2CCC(C)CC2C)nc2ccccc21. The van der Waals surface area contributed by atoms with E-state index >= 15 is 0 Å².